The number of hydrogen-bond donors (Lipinski definition) is 4. The third kappa shape index (κ3) is 5.42. The molecule has 13 heteroatoms. The van der Waals surface area contributed by atoms with Gasteiger partial charge in [-0.25, -0.2) is 14.8 Å². The number of aliphatic hydroxyl groups is 1. The molecule has 2 unspecified atom stereocenters. The van der Waals surface area contributed by atoms with Gasteiger partial charge in [0.05, 0.1) is 12.6 Å². The zero-order valence-corrected chi connectivity index (χ0v) is 16.0. The number of carboxylic acid groups (broad SMARTS) is 1. The van der Waals surface area contributed by atoms with Gasteiger partial charge < -0.3 is 25.7 Å². The molecule has 30 heavy (non-hydrogen) atoms. The van der Waals surface area contributed by atoms with Crippen LogP contribution in [0.15, 0.2) is 18.5 Å². The van der Waals surface area contributed by atoms with E-state index in [-0.39, 0.29) is 12.5 Å². The minimum atomic E-state index is -5.08. The number of carbonyl (C=O) groups is 3. The van der Waals surface area contributed by atoms with E-state index < -0.39 is 35.7 Å². The molecular weight excluding hydrogens is 411 g/mol. The number of hydrogen-bond acceptors (Lipinski definition) is 7. The summed E-state index contributed by atoms with van der Waals surface area (Å²) in [4.78, 5) is 43.3. The van der Waals surface area contributed by atoms with Gasteiger partial charge in [-0.3, -0.25) is 9.59 Å². The maximum Gasteiger partial charge on any atom is 0.490 e. The average molecular weight is 433 g/mol. The molecule has 3 rings (SSSR count). The van der Waals surface area contributed by atoms with Crippen molar-refractivity contribution in [2.45, 2.75) is 50.2 Å². The first-order chi connectivity index (χ1) is 14.0. The Hall–Kier alpha value is -2.80. The quantitative estimate of drug-likeness (QED) is 0.453. The zero-order chi connectivity index (χ0) is 22.5. The molecule has 0 radical (unpaired) electrons. The van der Waals surface area contributed by atoms with Crippen molar-refractivity contribution < 1.29 is 37.8 Å². The molecule has 3 atom stereocenters. The molecule has 10 nitrogen and oxygen atoms in total. The Morgan fingerprint density at radius 2 is 1.97 bits per heavy atom. The summed E-state index contributed by atoms with van der Waals surface area (Å²) >= 11 is 0. The number of aromatic nitrogens is 2. The molecule has 0 saturated carbocycles. The number of aliphatic hydroxyl groups excluding tert-OH is 1. The van der Waals surface area contributed by atoms with Crippen molar-refractivity contribution in [2.24, 2.45) is 0 Å². The van der Waals surface area contributed by atoms with Crippen LogP contribution >= 0.6 is 0 Å². The highest BCUT2D eigenvalue weighted by Crippen LogP contribution is 2.33. The van der Waals surface area contributed by atoms with E-state index in [4.69, 9.17) is 9.90 Å². The minimum Gasteiger partial charge on any atom is -0.475 e. The van der Waals surface area contributed by atoms with Crippen molar-refractivity contribution in [3.63, 3.8) is 0 Å². The molecule has 2 amide bonds. The van der Waals surface area contributed by atoms with Crippen molar-refractivity contribution in [1.82, 2.24) is 25.5 Å². The van der Waals surface area contributed by atoms with Gasteiger partial charge >= 0.3 is 12.1 Å². The van der Waals surface area contributed by atoms with Crippen LogP contribution in [0.1, 0.15) is 25.6 Å². The van der Waals surface area contributed by atoms with Crippen molar-refractivity contribution >= 4 is 17.8 Å². The Kier molecular flexibility index (Phi) is 7.31. The van der Waals surface area contributed by atoms with Crippen LogP contribution in [-0.4, -0.2) is 79.8 Å². The normalized spacial score (nSPS) is 22.6. The Morgan fingerprint density at radius 3 is 2.40 bits per heavy atom. The van der Waals surface area contributed by atoms with E-state index in [9.17, 15) is 27.9 Å². The van der Waals surface area contributed by atoms with Crippen LogP contribution in [0, 0.1) is 0 Å². The summed E-state index contributed by atoms with van der Waals surface area (Å²) in [5.41, 5.74) is -0.518. The number of β-lactam (4-membered cyclic amide) rings is 1. The Morgan fingerprint density at radius 1 is 1.37 bits per heavy atom. The largest absolute Gasteiger partial charge is 0.490 e. The van der Waals surface area contributed by atoms with Crippen molar-refractivity contribution in [1.29, 1.82) is 0 Å². The van der Waals surface area contributed by atoms with Crippen LogP contribution in [0.4, 0.5) is 13.2 Å². The van der Waals surface area contributed by atoms with Gasteiger partial charge in [0.2, 0.25) is 11.8 Å². The molecule has 0 aromatic carbocycles. The summed E-state index contributed by atoms with van der Waals surface area (Å²) in [6.07, 6.45) is -1.11. The Bertz CT molecular complexity index is 769. The van der Waals surface area contributed by atoms with Crippen molar-refractivity contribution in [3.8, 4) is 0 Å². The van der Waals surface area contributed by atoms with E-state index in [1.165, 1.54) is 11.8 Å². The van der Waals surface area contributed by atoms with E-state index >= 15 is 0 Å². The first-order valence-corrected chi connectivity index (χ1v) is 9.06. The lowest BCUT2D eigenvalue weighted by atomic mass is 9.84. The molecule has 2 aliphatic rings. The standard InChI is InChI=1S/C15H21N5O3.C2HF3O2/c1-10(21)12(13(22)18-8-11-16-5-3-6-17-11)20-9-15(14(20)23)4-2-7-19-15;3-2(4,5)1(6)7/h3,5-6,10,12,19,21H,2,4,7-9H2,1H3,(H,18,22);(H,6,7)/t10-,12?,15?;/m1./s1. The number of rotatable bonds is 5. The van der Waals surface area contributed by atoms with Crippen LogP contribution in [0.5, 0.6) is 0 Å². The van der Waals surface area contributed by atoms with Gasteiger partial charge in [-0.1, -0.05) is 0 Å². The van der Waals surface area contributed by atoms with E-state index in [0.717, 1.165) is 19.4 Å². The van der Waals surface area contributed by atoms with Gasteiger partial charge in [0, 0.05) is 18.9 Å². The summed E-state index contributed by atoms with van der Waals surface area (Å²) in [7, 11) is 0. The Balaban J connectivity index is 0.000000396. The van der Waals surface area contributed by atoms with Crippen molar-refractivity contribution in [3.05, 3.63) is 24.3 Å². The fraction of sp³-hybridized carbons (Fsp3) is 0.588. The third-order valence-corrected chi connectivity index (χ3v) is 4.70. The topological polar surface area (TPSA) is 145 Å². The third-order valence-electron chi connectivity index (χ3n) is 4.70. The Labute approximate surface area is 169 Å². The number of aliphatic carboxylic acids is 1. The van der Waals surface area contributed by atoms with Gasteiger partial charge in [-0.05, 0) is 32.4 Å². The molecular formula is C17H22F3N5O5. The molecule has 0 aliphatic carbocycles. The number of nitrogens with zero attached hydrogens (tertiary/aromatic N) is 3. The highest BCUT2D eigenvalue weighted by atomic mass is 19.4. The lowest BCUT2D eigenvalue weighted by Gasteiger charge is -2.50. The van der Waals surface area contributed by atoms with Crippen LogP contribution in [0.25, 0.3) is 0 Å². The second-order valence-corrected chi connectivity index (χ2v) is 6.92. The SMILES string of the molecule is C[C@@H](O)C(C(=O)NCc1ncccn1)N1CC2(CCCN2)C1=O.O=C(O)C(F)(F)F. The van der Waals surface area contributed by atoms with E-state index in [0.29, 0.717) is 12.4 Å². The maximum absolute atomic E-state index is 12.5. The van der Waals surface area contributed by atoms with Gasteiger partial charge in [-0.2, -0.15) is 13.2 Å². The van der Waals surface area contributed by atoms with Crippen LogP contribution < -0.4 is 10.6 Å². The van der Waals surface area contributed by atoms with Crippen molar-refractivity contribution in [2.75, 3.05) is 13.1 Å². The molecule has 1 spiro atoms. The smallest absolute Gasteiger partial charge is 0.475 e. The summed E-state index contributed by atoms with van der Waals surface area (Å²) in [5, 5.41) is 23.0. The number of likely N-dealkylation sites (tertiary alicyclic amines) is 1. The molecule has 2 fully saturated rings. The number of halogens is 3. The van der Waals surface area contributed by atoms with Gasteiger partial charge in [0.15, 0.2) is 0 Å². The van der Waals surface area contributed by atoms with Gasteiger partial charge in [0.1, 0.15) is 17.4 Å². The van der Waals surface area contributed by atoms with E-state index in [1.54, 1.807) is 18.5 Å². The predicted molar refractivity (Wildman–Crippen MR) is 94.7 cm³/mol. The summed E-state index contributed by atoms with van der Waals surface area (Å²) < 4.78 is 31.7. The first kappa shape index (κ1) is 23.5. The molecule has 3 heterocycles. The number of carbonyl (C=O) groups excluding carboxylic acids is 2. The number of carboxylic acids is 1. The lowest BCUT2D eigenvalue weighted by Crippen LogP contribution is -2.76. The molecule has 0 bridgehead atoms. The highest BCUT2D eigenvalue weighted by molar-refractivity contribution is 5.97. The predicted octanol–water partition coefficient (Wildman–Crippen LogP) is -0.560. The molecule has 1 aromatic rings. The second kappa shape index (κ2) is 9.34. The van der Waals surface area contributed by atoms with Crippen LogP contribution in [-0.2, 0) is 20.9 Å². The summed E-state index contributed by atoms with van der Waals surface area (Å²) in [6, 6.07) is 0.802. The maximum atomic E-state index is 12.5. The monoisotopic (exact) mass is 433 g/mol. The lowest BCUT2D eigenvalue weighted by molar-refractivity contribution is -0.192. The van der Waals surface area contributed by atoms with Crippen LogP contribution in [0.2, 0.25) is 0 Å². The van der Waals surface area contributed by atoms with Gasteiger partial charge in [0.25, 0.3) is 0 Å². The molecule has 4 N–H and O–H groups in total. The molecule has 2 saturated heterocycles. The minimum absolute atomic E-state index is 0.105. The van der Waals surface area contributed by atoms with E-state index in [2.05, 4.69) is 20.6 Å². The highest BCUT2D eigenvalue weighted by Gasteiger charge is 2.57. The summed E-state index contributed by atoms with van der Waals surface area (Å²) in [6.45, 7) is 2.95. The average Bonchev–Trinajstić information content (AvgIpc) is 3.18. The number of nitrogens with one attached hydrogen (secondary N) is 2. The number of alkyl halides is 3. The molecule has 166 valence electrons. The second-order valence-electron chi connectivity index (χ2n) is 6.92. The molecule has 1 aromatic heterocycles. The zero-order valence-electron chi connectivity index (χ0n) is 16.0. The van der Waals surface area contributed by atoms with Crippen LogP contribution in [0.3, 0.4) is 0 Å². The molecule has 2 aliphatic heterocycles. The number of amides is 2. The van der Waals surface area contributed by atoms with E-state index in [1.807, 2.05) is 0 Å². The summed E-state index contributed by atoms with van der Waals surface area (Å²) in [5.74, 6) is -2.78. The fourth-order valence-corrected chi connectivity index (χ4v) is 3.28. The fourth-order valence-electron chi connectivity index (χ4n) is 3.28. The van der Waals surface area contributed by atoms with Gasteiger partial charge in [-0.15, -0.1) is 0 Å². The first-order valence-electron chi connectivity index (χ1n) is 9.06.